The molecule has 0 bridgehead atoms. The van der Waals surface area contributed by atoms with E-state index in [1.165, 1.54) is 11.3 Å². The number of rotatable bonds is 4. The van der Waals surface area contributed by atoms with Crippen LogP contribution in [-0.4, -0.2) is 42.2 Å². The summed E-state index contributed by atoms with van der Waals surface area (Å²) in [5, 5.41) is 4.91. The van der Waals surface area contributed by atoms with Gasteiger partial charge < -0.3 is 15.0 Å². The van der Waals surface area contributed by atoms with Gasteiger partial charge in [-0.05, 0) is 20.8 Å². The fourth-order valence-corrected chi connectivity index (χ4v) is 4.37. The third kappa shape index (κ3) is 3.70. The van der Waals surface area contributed by atoms with Crippen LogP contribution in [0.1, 0.15) is 30.9 Å². The van der Waals surface area contributed by atoms with E-state index in [0.717, 1.165) is 39.5 Å². The summed E-state index contributed by atoms with van der Waals surface area (Å²) in [6.07, 6.45) is 0. The van der Waals surface area contributed by atoms with Gasteiger partial charge in [-0.3, -0.25) is 4.79 Å². The summed E-state index contributed by atoms with van der Waals surface area (Å²) in [4.78, 5) is 25.4. The van der Waals surface area contributed by atoms with Crippen LogP contribution in [0.15, 0.2) is 0 Å². The molecule has 6 nitrogen and oxygen atoms in total. The monoisotopic (exact) mass is 352 g/mol. The first-order chi connectivity index (χ1) is 11.0. The molecule has 124 valence electrons. The molecule has 0 unspecified atom stereocenters. The molecule has 0 saturated carbocycles. The van der Waals surface area contributed by atoms with E-state index in [9.17, 15) is 4.79 Å². The molecule has 2 aromatic rings. The van der Waals surface area contributed by atoms with Gasteiger partial charge in [0.05, 0.1) is 36.2 Å². The van der Waals surface area contributed by atoms with Crippen molar-refractivity contribution in [3.8, 4) is 0 Å². The van der Waals surface area contributed by atoms with Crippen molar-refractivity contribution >= 4 is 33.7 Å². The molecule has 1 aliphatic rings. The van der Waals surface area contributed by atoms with Crippen molar-refractivity contribution in [2.24, 2.45) is 0 Å². The number of anilines is 1. The first-order valence-electron chi connectivity index (χ1n) is 7.56. The molecule has 0 aromatic carbocycles. The smallest absolute Gasteiger partial charge is 0.263 e. The van der Waals surface area contributed by atoms with Crippen LogP contribution in [0.5, 0.6) is 0 Å². The van der Waals surface area contributed by atoms with Gasteiger partial charge in [-0.25, -0.2) is 9.97 Å². The number of carbonyl (C=O) groups excluding carboxylic acids is 1. The van der Waals surface area contributed by atoms with Gasteiger partial charge >= 0.3 is 0 Å². The van der Waals surface area contributed by atoms with E-state index >= 15 is 0 Å². The van der Waals surface area contributed by atoms with E-state index < -0.39 is 0 Å². The Labute approximate surface area is 143 Å². The molecule has 1 N–H and O–H groups in total. The summed E-state index contributed by atoms with van der Waals surface area (Å²) >= 11 is 3.08. The summed E-state index contributed by atoms with van der Waals surface area (Å²) in [5.74, 6) is -0.0648. The predicted octanol–water partition coefficient (Wildman–Crippen LogP) is 2.29. The van der Waals surface area contributed by atoms with Crippen LogP contribution in [0, 0.1) is 20.8 Å². The van der Waals surface area contributed by atoms with Gasteiger partial charge in [-0.1, -0.05) is 11.3 Å². The zero-order chi connectivity index (χ0) is 16.4. The van der Waals surface area contributed by atoms with Crippen LogP contribution >= 0.6 is 22.7 Å². The fourth-order valence-electron chi connectivity index (χ4n) is 2.46. The number of morpholine rings is 1. The molecule has 1 amide bonds. The third-order valence-electron chi connectivity index (χ3n) is 3.68. The van der Waals surface area contributed by atoms with E-state index in [1.54, 1.807) is 11.3 Å². The number of nitrogens with zero attached hydrogens (tertiary/aromatic N) is 3. The number of nitrogens with one attached hydrogen (secondary N) is 1. The Kier molecular flexibility index (Phi) is 4.93. The predicted molar refractivity (Wildman–Crippen MR) is 92.6 cm³/mol. The Morgan fingerprint density at radius 3 is 2.57 bits per heavy atom. The maximum Gasteiger partial charge on any atom is 0.263 e. The van der Waals surface area contributed by atoms with E-state index in [1.807, 2.05) is 20.8 Å². The minimum Gasteiger partial charge on any atom is -0.378 e. The van der Waals surface area contributed by atoms with Gasteiger partial charge in [0.25, 0.3) is 5.91 Å². The molecule has 8 heteroatoms. The highest BCUT2D eigenvalue weighted by molar-refractivity contribution is 7.17. The van der Waals surface area contributed by atoms with Crippen molar-refractivity contribution in [1.29, 1.82) is 0 Å². The number of carbonyl (C=O) groups is 1. The number of hydrogen-bond donors (Lipinski definition) is 1. The average molecular weight is 352 g/mol. The third-order valence-corrected chi connectivity index (χ3v) is 5.97. The lowest BCUT2D eigenvalue weighted by molar-refractivity contribution is 0.0954. The second kappa shape index (κ2) is 6.94. The molecular weight excluding hydrogens is 332 g/mol. The SMILES string of the molecule is Cc1nc(C)c(CNC(=O)c2sc(N3CCOCC3)nc2C)s1. The molecular formula is C15H20N4O2S2. The maximum absolute atomic E-state index is 12.5. The van der Waals surface area contributed by atoms with Gasteiger partial charge in [-0.15, -0.1) is 11.3 Å². The lowest BCUT2D eigenvalue weighted by Gasteiger charge is -2.25. The number of hydrogen-bond acceptors (Lipinski definition) is 7. The number of thiazole rings is 2. The first kappa shape index (κ1) is 16.4. The molecule has 0 atom stereocenters. The molecule has 0 aliphatic carbocycles. The fraction of sp³-hybridized carbons (Fsp3) is 0.533. The molecule has 1 fully saturated rings. The minimum absolute atomic E-state index is 0.0648. The van der Waals surface area contributed by atoms with Crippen LogP contribution in [0.25, 0.3) is 0 Å². The van der Waals surface area contributed by atoms with Crippen LogP contribution < -0.4 is 10.2 Å². The normalized spacial score (nSPS) is 15.0. The number of aromatic nitrogens is 2. The van der Waals surface area contributed by atoms with Crippen LogP contribution in [0.4, 0.5) is 5.13 Å². The van der Waals surface area contributed by atoms with Crippen LogP contribution in [-0.2, 0) is 11.3 Å². The molecule has 3 heterocycles. The molecule has 0 spiro atoms. The van der Waals surface area contributed by atoms with E-state index in [-0.39, 0.29) is 5.91 Å². The van der Waals surface area contributed by atoms with Crippen LogP contribution in [0.2, 0.25) is 0 Å². The largest absolute Gasteiger partial charge is 0.378 e. The second-order valence-corrected chi connectivity index (χ2v) is 7.70. The lowest BCUT2D eigenvalue weighted by atomic mass is 10.3. The number of ether oxygens (including phenoxy) is 1. The Hall–Kier alpha value is -1.51. The van der Waals surface area contributed by atoms with Crippen molar-refractivity contribution in [1.82, 2.24) is 15.3 Å². The zero-order valence-electron chi connectivity index (χ0n) is 13.5. The Balaban J connectivity index is 1.67. The molecule has 0 radical (unpaired) electrons. The molecule has 23 heavy (non-hydrogen) atoms. The lowest BCUT2D eigenvalue weighted by Crippen LogP contribution is -2.36. The standard InChI is InChI=1S/C15H20N4O2S2/c1-9-12(22-11(3)17-9)8-16-14(20)13-10(2)18-15(23-13)19-4-6-21-7-5-19/h4-8H2,1-3H3,(H,16,20). The first-order valence-corrected chi connectivity index (χ1v) is 9.19. The molecule has 1 aliphatic heterocycles. The number of aryl methyl sites for hydroxylation is 3. The number of amides is 1. The quantitative estimate of drug-likeness (QED) is 0.914. The summed E-state index contributed by atoms with van der Waals surface area (Å²) in [6, 6.07) is 0. The van der Waals surface area contributed by atoms with Gasteiger partial charge in [0.15, 0.2) is 5.13 Å². The highest BCUT2D eigenvalue weighted by Crippen LogP contribution is 2.27. The summed E-state index contributed by atoms with van der Waals surface area (Å²) < 4.78 is 5.36. The summed E-state index contributed by atoms with van der Waals surface area (Å²) in [6.45, 7) is 9.43. The Morgan fingerprint density at radius 1 is 1.17 bits per heavy atom. The van der Waals surface area contributed by atoms with Crippen molar-refractivity contribution in [3.63, 3.8) is 0 Å². The van der Waals surface area contributed by atoms with Gasteiger partial charge in [0.1, 0.15) is 4.88 Å². The summed E-state index contributed by atoms with van der Waals surface area (Å²) in [5.41, 5.74) is 1.77. The van der Waals surface area contributed by atoms with Crippen molar-refractivity contribution in [2.75, 3.05) is 31.2 Å². The topological polar surface area (TPSA) is 67.4 Å². The average Bonchev–Trinajstić information content (AvgIpc) is 3.08. The van der Waals surface area contributed by atoms with E-state index in [0.29, 0.717) is 24.6 Å². The van der Waals surface area contributed by atoms with E-state index in [4.69, 9.17) is 4.74 Å². The molecule has 1 saturated heterocycles. The Bertz CT molecular complexity index is 704. The summed E-state index contributed by atoms with van der Waals surface area (Å²) in [7, 11) is 0. The molecule has 3 rings (SSSR count). The van der Waals surface area contributed by atoms with E-state index in [2.05, 4.69) is 20.2 Å². The minimum atomic E-state index is -0.0648. The maximum atomic E-state index is 12.5. The van der Waals surface area contributed by atoms with Crippen LogP contribution in [0.3, 0.4) is 0 Å². The zero-order valence-corrected chi connectivity index (χ0v) is 15.1. The second-order valence-electron chi connectivity index (χ2n) is 5.43. The van der Waals surface area contributed by atoms with Gasteiger partial charge in [0.2, 0.25) is 0 Å². The van der Waals surface area contributed by atoms with Crippen molar-refractivity contribution < 1.29 is 9.53 Å². The highest BCUT2D eigenvalue weighted by atomic mass is 32.1. The highest BCUT2D eigenvalue weighted by Gasteiger charge is 2.20. The van der Waals surface area contributed by atoms with Crippen molar-refractivity contribution in [3.05, 3.63) is 26.1 Å². The Morgan fingerprint density at radius 2 is 1.91 bits per heavy atom. The van der Waals surface area contributed by atoms with Gasteiger partial charge in [0, 0.05) is 18.0 Å². The molecule has 2 aromatic heterocycles. The van der Waals surface area contributed by atoms with Gasteiger partial charge in [-0.2, -0.15) is 0 Å². The van der Waals surface area contributed by atoms with Crippen molar-refractivity contribution in [2.45, 2.75) is 27.3 Å².